The van der Waals surface area contributed by atoms with Gasteiger partial charge in [0.2, 0.25) is 0 Å². The zero-order chi connectivity index (χ0) is 33.0. The van der Waals surface area contributed by atoms with E-state index in [0.29, 0.717) is 18.4 Å². The summed E-state index contributed by atoms with van der Waals surface area (Å²) in [6, 6.07) is 4.76. The predicted molar refractivity (Wildman–Crippen MR) is 167 cm³/mol. The number of ether oxygens (including phenoxy) is 1. The number of aliphatic hydroxyl groups is 1. The summed E-state index contributed by atoms with van der Waals surface area (Å²) in [6.07, 6.45) is 4.97. The van der Waals surface area contributed by atoms with Gasteiger partial charge in [0.15, 0.2) is 5.78 Å². The number of alkyl halides is 3. The van der Waals surface area contributed by atoms with Crippen molar-refractivity contribution in [2.24, 2.45) is 50.2 Å². The molecule has 0 saturated heterocycles. The normalized spacial score (nSPS) is 44.1. The minimum absolute atomic E-state index is 0.0138. The summed E-state index contributed by atoms with van der Waals surface area (Å²) in [5, 5.41) is 11.0. The fraction of sp³-hybridized carbons (Fsp3) is 0.737. The number of carbonyl (C=O) groups excluding carboxylic acids is 2. The highest BCUT2D eigenvalue weighted by molar-refractivity contribution is 5.95. The maximum atomic E-state index is 14.5. The van der Waals surface area contributed by atoms with Gasteiger partial charge in [-0.3, -0.25) is 9.59 Å². The molecule has 7 heteroatoms. The maximum Gasteiger partial charge on any atom is 0.416 e. The molecule has 0 aromatic heterocycles. The third-order valence-electron chi connectivity index (χ3n) is 14.7. The lowest BCUT2D eigenvalue weighted by molar-refractivity contribution is -0.202. The van der Waals surface area contributed by atoms with Gasteiger partial charge in [-0.2, -0.15) is 13.2 Å². The molecular weight excluding hydrogens is 577 g/mol. The molecular formula is C38H51F3O4. The lowest BCUT2D eigenvalue weighted by atomic mass is 9.33. The highest BCUT2D eigenvalue weighted by Crippen LogP contribution is 2.75. The molecule has 0 unspecified atom stereocenters. The molecule has 45 heavy (non-hydrogen) atoms. The second-order valence-electron chi connectivity index (χ2n) is 17.4. The molecule has 4 nitrogen and oxygen atoms in total. The Bertz CT molecular complexity index is 1410. The van der Waals surface area contributed by atoms with Crippen molar-refractivity contribution in [1.82, 2.24) is 0 Å². The lowest BCUT2D eigenvalue weighted by Gasteiger charge is -2.70. The number of halogens is 3. The molecule has 248 valence electrons. The minimum atomic E-state index is -4.41. The van der Waals surface area contributed by atoms with Crippen molar-refractivity contribution in [2.45, 2.75) is 125 Å². The second-order valence-corrected chi connectivity index (χ2v) is 17.4. The minimum Gasteiger partial charge on any atom is -0.460 e. The van der Waals surface area contributed by atoms with Gasteiger partial charge in [-0.25, -0.2) is 0 Å². The Morgan fingerprint density at radius 1 is 0.911 bits per heavy atom. The lowest BCUT2D eigenvalue weighted by Crippen LogP contribution is -2.66. The van der Waals surface area contributed by atoms with E-state index in [4.69, 9.17) is 4.74 Å². The Kier molecular flexibility index (Phi) is 7.41. The summed E-state index contributed by atoms with van der Waals surface area (Å²) in [5.74, 6) is 0.161. The average molecular weight is 629 g/mol. The quantitative estimate of drug-likeness (QED) is 0.339. The molecule has 0 radical (unpaired) electrons. The van der Waals surface area contributed by atoms with Gasteiger partial charge < -0.3 is 9.84 Å². The molecule has 6 rings (SSSR count). The summed E-state index contributed by atoms with van der Waals surface area (Å²) >= 11 is 0. The molecule has 5 aliphatic rings. The van der Waals surface area contributed by atoms with Crippen molar-refractivity contribution < 1.29 is 32.6 Å². The highest BCUT2D eigenvalue weighted by Gasteiger charge is 2.70. The maximum absolute atomic E-state index is 14.5. The van der Waals surface area contributed by atoms with Crippen molar-refractivity contribution in [3.8, 4) is 0 Å². The van der Waals surface area contributed by atoms with Crippen LogP contribution in [0.4, 0.5) is 13.2 Å². The number of hydrogen-bond donors (Lipinski definition) is 1. The number of hydrogen-bond acceptors (Lipinski definition) is 4. The third-order valence-corrected chi connectivity index (χ3v) is 14.7. The Labute approximate surface area is 266 Å². The van der Waals surface area contributed by atoms with Crippen LogP contribution in [-0.4, -0.2) is 23.0 Å². The van der Waals surface area contributed by atoms with E-state index in [-0.39, 0.29) is 69.3 Å². The third kappa shape index (κ3) is 4.70. The van der Waals surface area contributed by atoms with Gasteiger partial charge >= 0.3 is 12.1 Å². The van der Waals surface area contributed by atoms with Crippen molar-refractivity contribution in [3.63, 3.8) is 0 Å². The van der Waals surface area contributed by atoms with Crippen LogP contribution in [0, 0.1) is 50.2 Å². The van der Waals surface area contributed by atoms with Crippen molar-refractivity contribution >= 4 is 11.8 Å². The topological polar surface area (TPSA) is 63.6 Å². The van der Waals surface area contributed by atoms with E-state index < -0.39 is 17.2 Å². The van der Waals surface area contributed by atoms with E-state index in [0.717, 1.165) is 57.1 Å². The van der Waals surface area contributed by atoms with Gasteiger partial charge in [0.05, 0.1) is 17.1 Å². The summed E-state index contributed by atoms with van der Waals surface area (Å²) in [4.78, 5) is 28.2. The Morgan fingerprint density at radius 3 is 2.20 bits per heavy atom. The van der Waals surface area contributed by atoms with E-state index in [1.54, 1.807) is 0 Å². The number of aliphatic hydroxyl groups excluding tert-OH is 1. The summed E-state index contributed by atoms with van der Waals surface area (Å²) < 4.78 is 44.8. The zero-order valence-electron chi connectivity index (χ0n) is 28.1. The average Bonchev–Trinajstić information content (AvgIpc) is 2.95. The van der Waals surface area contributed by atoms with E-state index >= 15 is 0 Å². The largest absolute Gasteiger partial charge is 0.460 e. The van der Waals surface area contributed by atoms with Crippen LogP contribution in [-0.2, 0) is 27.1 Å². The molecule has 1 aromatic rings. The fourth-order valence-corrected chi connectivity index (χ4v) is 11.5. The number of benzene rings is 1. The van der Waals surface area contributed by atoms with E-state index in [2.05, 4.69) is 41.5 Å². The van der Waals surface area contributed by atoms with Gasteiger partial charge in [-0.05, 0) is 127 Å². The summed E-state index contributed by atoms with van der Waals surface area (Å²) in [6.45, 7) is 15.7. The number of ketones is 1. The molecule has 1 N–H and O–H groups in total. The van der Waals surface area contributed by atoms with Gasteiger partial charge in [0.25, 0.3) is 0 Å². The Morgan fingerprint density at radius 2 is 1.56 bits per heavy atom. The molecule has 9 atom stereocenters. The molecule has 0 amide bonds. The van der Waals surface area contributed by atoms with Crippen LogP contribution in [0.25, 0.3) is 0 Å². The van der Waals surface area contributed by atoms with E-state index in [1.165, 1.54) is 17.7 Å². The molecule has 4 saturated carbocycles. The number of carbonyl (C=O) groups is 2. The van der Waals surface area contributed by atoms with Crippen molar-refractivity contribution in [2.75, 3.05) is 0 Å². The highest BCUT2D eigenvalue weighted by atomic mass is 19.4. The van der Waals surface area contributed by atoms with Crippen LogP contribution in [0.1, 0.15) is 117 Å². The van der Waals surface area contributed by atoms with Crippen LogP contribution in [0.3, 0.4) is 0 Å². The first-order chi connectivity index (χ1) is 20.7. The van der Waals surface area contributed by atoms with Crippen LogP contribution in [0.5, 0.6) is 0 Å². The molecule has 0 aliphatic heterocycles. The molecule has 0 spiro atoms. The number of rotatable bonds is 3. The first kappa shape index (κ1) is 32.8. The van der Waals surface area contributed by atoms with Gasteiger partial charge in [0, 0.05) is 5.92 Å². The molecule has 0 heterocycles. The monoisotopic (exact) mass is 628 g/mol. The van der Waals surface area contributed by atoms with Crippen LogP contribution in [0.15, 0.2) is 35.9 Å². The number of allylic oxidation sites excluding steroid dienone is 2. The van der Waals surface area contributed by atoms with Crippen molar-refractivity contribution in [1.29, 1.82) is 0 Å². The first-order valence-corrected chi connectivity index (χ1v) is 17.0. The number of fused-ring (bicyclic) bond motifs is 7. The SMILES string of the molecule is CC1(C)[C@@H](O)CC[C@]2(C)[C@H]3C(=O)C=C4[C@@H]5C[C@@](C)(C(=O)OCc6ccc(C(F)(F)F)cc6)CC[C@]5(C)CC[C@@]4(C)[C@]3(C)CC[C@@H]12. The molecule has 1 aromatic carbocycles. The smallest absolute Gasteiger partial charge is 0.416 e. The zero-order valence-corrected chi connectivity index (χ0v) is 28.1. The van der Waals surface area contributed by atoms with Crippen LogP contribution >= 0.6 is 0 Å². The Balaban J connectivity index is 1.28. The van der Waals surface area contributed by atoms with Gasteiger partial charge in [0.1, 0.15) is 6.61 Å². The Hall–Kier alpha value is -2.15. The molecule has 0 bridgehead atoms. The van der Waals surface area contributed by atoms with Gasteiger partial charge in [-0.15, -0.1) is 0 Å². The number of esters is 1. The van der Waals surface area contributed by atoms with Crippen LogP contribution in [0.2, 0.25) is 0 Å². The first-order valence-electron chi connectivity index (χ1n) is 17.0. The predicted octanol–water partition coefficient (Wildman–Crippen LogP) is 9.09. The fourth-order valence-electron chi connectivity index (χ4n) is 11.5. The van der Waals surface area contributed by atoms with E-state index in [1.807, 2.05) is 13.0 Å². The summed E-state index contributed by atoms with van der Waals surface area (Å²) in [5.41, 5.74) is -0.550. The van der Waals surface area contributed by atoms with Gasteiger partial charge in [-0.1, -0.05) is 59.2 Å². The second kappa shape index (κ2) is 10.2. The van der Waals surface area contributed by atoms with Crippen molar-refractivity contribution in [3.05, 3.63) is 47.0 Å². The van der Waals surface area contributed by atoms with E-state index in [9.17, 15) is 27.9 Å². The standard InChI is InChI=1S/C38H51F3O4/c1-32(2)28-12-15-37(7)30(35(28,5)14-13-29(32)43)27(42)20-25-26-21-34(4,17-16-33(26,3)18-19-36(25,37)6)31(44)45-22-23-8-10-24(11-9-23)38(39,40)41/h8-11,20,26,28-30,43H,12-19,21-22H2,1-7H3/t26-,28-,29-,30+,33+,34-,35-,36+,37+/m0/s1. The molecule has 5 aliphatic carbocycles. The summed E-state index contributed by atoms with van der Waals surface area (Å²) in [7, 11) is 0. The molecule has 4 fully saturated rings. The van der Waals surface area contributed by atoms with Crippen LogP contribution < -0.4 is 0 Å².